The molecule has 2 rings (SSSR count). The standard InChI is InChI=1S/C19H24N2O2/c1-14-8-7-11-17(12-14)23-13-15(2)21-18(22)19(3,20)16-9-5-4-6-10-16/h4-12,15H,13,20H2,1-3H3,(H,21,22). The highest BCUT2D eigenvalue weighted by molar-refractivity contribution is 5.87. The number of ether oxygens (including phenoxy) is 1. The summed E-state index contributed by atoms with van der Waals surface area (Å²) in [7, 11) is 0. The molecule has 0 aliphatic rings. The third-order valence-electron chi connectivity index (χ3n) is 3.71. The molecule has 4 heteroatoms. The van der Waals surface area contributed by atoms with Crippen LogP contribution < -0.4 is 15.8 Å². The first-order chi connectivity index (χ1) is 10.9. The Balaban J connectivity index is 1.92. The Hall–Kier alpha value is -2.33. The number of carbonyl (C=O) groups is 1. The number of hydrogen-bond acceptors (Lipinski definition) is 3. The highest BCUT2D eigenvalue weighted by atomic mass is 16.5. The molecule has 4 nitrogen and oxygen atoms in total. The predicted molar refractivity (Wildman–Crippen MR) is 92.3 cm³/mol. The van der Waals surface area contributed by atoms with E-state index in [2.05, 4.69) is 5.32 Å². The first kappa shape index (κ1) is 17.0. The molecule has 0 saturated heterocycles. The topological polar surface area (TPSA) is 64.3 Å². The summed E-state index contributed by atoms with van der Waals surface area (Å²) in [5.74, 6) is 0.578. The number of nitrogens with one attached hydrogen (secondary N) is 1. The lowest BCUT2D eigenvalue weighted by Gasteiger charge is -2.26. The molecule has 0 saturated carbocycles. The normalized spacial score (nSPS) is 14.6. The van der Waals surface area contributed by atoms with Crippen molar-refractivity contribution in [1.82, 2.24) is 5.32 Å². The number of amides is 1. The van der Waals surface area contributed by atoms with Crippen molar-refractivity contribution in [1.29, 1.82) is 0 Å². The first-order valence-electron chi connectivity index (χ1n) is 7.74. The van der Waals surface area contributed by atoms with Gasteiger partial charge in [-0.25, -0.2) is 0 Å². The zero-order valence-corrected chi connectivity index (χ0v) is 13.9. The summed E-state index contributed by atoms with van der Waals surface area (Å²) in [5.41, 5.74) is 7.05. The molecule has 23 heavy (non-hydrogen) atoms. The zero-order valence-electron chi connectivity index (χ0n) is 13.9. The van der Waals surface area contributed by atoms with Crippen LogP contribution in [0.25, 0.3) is 0 Å². The van der Waals surface area contributed by atoms with E-state index in [0.29, 0.717) is 6.61 Å². The second-order valence-electron chi connectivity index (χ2n) is 6.07. The van der Waals surface area contributed by atoms with E-state index < -0.39 is 5.54 Å². The van der Waals surface area contributed by atoms with Gasteiger partial charge in [0.15, 0.2) is 0 Å². The Bertz CT molecular complexity index is 653. The molecule has 0 heterocycles. The van der Waals surface area contributed by atoms with E-state index in [1.807, 2.05) is 68.4 Å². The van der Waals surface area contributed by atoms with Gasteiger partial charge >= 0.3 is 0 Å². The largest absolute Gasteiger partial charge is 0.491 e. The summed E-state index contributed by atoms with van der Waals surface area (Å²) in [6.45, 7) is 6.01. The van der Waals surface area contributed by atoms with E-state index in [4.69, 9.17) is 10.5 Å². The summed E-state index contributed by atoms with van der Waals surface area (Å²) in [5, 5.41) is 2.91. The molecular weight excluding hydrogens is 288 g/mol. The van der Waals surface area contributed by atoms with Crippen LogP contribution in [-0.2, 0) is 10.3 Å². The average molecular weight is 312 g/mol. The maximum absolute atomic E-state index is 12.4. The number of aryl methyl sites for hydroxylation is 1. The van der Waals surface area contributed by atoms with Gasteiger partial charge in [-0.3, -0.25) is 4.79 Å². The first-order valence-corrected chi connectivity index (χ1v) is 7.74. The number of nitrogens with two attached hydrogens (primary N) is 1. The minimum Gasteiger partial charge on any atom is -0.491 e. The number of hydrogen-bond donors (Lipinski definition) is 2. The van der Waals surface area contributed by atoms with E-state index in [1.165, 1.54) is 0 Å². The van der Waals surface area contributed by atoms with Crippen molar-refractivity contribution in [2.75, 3.05) is 6.61 Å². The Morgan fingerprint density at radius 2 is 1.91 bits per heavy atom. The van der Waals surface area contributed by atoms with Gasteiger partial charge < -0.3 is 15.8 Å². The molecule has 0 aliphatic carbocycles. The fraction of sp³-hybridized carbons (Fsp3) is 0.316. The van der Waals surface area contributed by atoms with Gasteiger partial charge in [0.1, 0.15) is 17.9 Å². The van der Waals surface area contributed by atoms with Crippen LogP contribution in [-0.4, -0.2) is 18.6 Å². The summed E-state index contributed by atoms with van der Waals surface area (Å²) in [4.78, 5) is 12.4. The maximum atomic E-state index is 12.4. The molecule has 2 unspecified atom stereocenters. The molecule has 1 amide bonds. The van der Waals surface area contributed by atoms with Crippen molar-refractivity contribution in [3.63, 3.8) is 0 Å². The summed E-state index contributed by atoms with van der Waals surface area (Å²) in [6, 6.07) is 17.0. The third kappa shape index (κ3) is 4.57. The molecule has 0 fully saturated rings. The van der Waals surface area contributed by atoms with E-state index >= 15 is 0 Å². The van der Waals surface area contributed by atoms with Crippen molar-refractivity contribution < 1.29 is 9.53 Å². The van der Waals surface area contributed by atoms with E-state index in [9.17, 15) is 4.79 Å². The van der Waals surface area contributed by atoms with Crippen molar-refractivity contribution in [3.05, 3.63) is 65.7 Å². The van der Waals surface area contributed by atoms with Gasteiger partial charge in [0.25, 0.3) is 0 Å². The quantitative estimate of drug-likeness (QED) is 0.862. The average Bonchev–Trinajstić information content (AvgIpc) is 2.54. The van der Waals surface area contributed by atoms with Crippen molar-refractivity contribution in [3.8, 4) is 5.75 Å². The molecule has 2 atom stereocenters. The fourth-order valence-corrected chi connectivity index (χ4v) is 2.26. The molecule has 122 valence electrons. The molecule has 0 bridgehead atoms. The highest BCUT2D eigenvalue weighted by Gasteiger charge is 2.31. The lowest BCUT2D eigenvalue weighted by molar-refractivity contribution is -0.126. The Kier molecular flexibility index (Phi) is 5.40. The number of rotatable bonds is 6. The van der Waals surface area contributed by atoms with Gasteiger partial charge in [-0.05, 0) is 44.0 Å². The maximum Gasteiger partial charge on any atom is 0.244 e. The molecule has 0 aromatic heterocycles. The van der Waals surface area contributed by atoms with Gasteiger partial charge in [0.05, 0.1) is 6.04 Å². The van der Waals surface area contributed by atoms with Crippen molar-refractivity contribution in [2.45, 2.75) is 32.4 Å². The van der Waals surface area contributed by atoms with Crippen LogP contribution in [0.5, 0.6) is 5.75 Å². The van der Waals surface area contributed by atoms with Gasteiger partial charge in [-0.2, -0.15) is 0 Å². The Morgan fingerprint density at radius 3 is 2.57 bits per heavy atom. The molecule has 3 N–H and O–H groups in total. The predicted octanol–water partition coefficient (Wildman–Crippen LogP) is 2.75. The highest BCUT2D eigenvalue weighted by Crippen LogP contribution is 2.18. The van der Waals surface area contributed by atoms with E-state index in [1.54, 1.807) is 6.92 Å². The Labute approximate surface area is 137 Å². The summed E-state index contributed by atoms with van der Waals surface area (Å²) >= 11 is 0. The van der Waals surface area contributed by atoms with Crippen molar-refractivity contribution in [2.24, 2.45) is 5.73 Å². The molecule has 0 aliphatic heterocycles. The SMILES string of the molecule is Cc1cccc(OCC(C)NC(=O)C(C)(N)c2ccccc2)c1. The smallest absolute Gasteiger partial charge is 0.244 e. The number of benzene rings is 2. The van der Waals surface area contributed by atoms with Crippen LogP contribution in [0.4, 0.5) is 0 Å². The van der Waals surface area contributed by atoms with Crippen LogP contribution in [0.2, 0.25) is 0 Å². The number of carbonyl (C=O) groups excluding carboxylic acids is 1. The Morgan fingerprint density at radius 1 is 1.22 bits per heavy atom. The van der Waals surface area contributed by atoms with Gasteiger partial charge in [0.2, 0.25) is 5.91 Å². The lowest BCUT2D eigenvalue weighted by Crippen LogP contribution is -2.52. The summed E-state index contributed by atoms with van der Waals surface area (Å²) < 4.78 is 5.71. The van der Waals surface area contributed by atoms with Crippen LogP contribution >= 0.6 is 0 Å². The second-order valence-corrected chi connectivity index (χ2v) is 6.07. The van der Waals surface area contributed by atoms with Gasteiger partial charge in [-0.15, -0.1) is 0 Å². The van der Waals surface area contributed by atoms with Crippen LogP contribution in [0.1, 0.15) is 25.0 Å². The fourth-order valence-electron chi connectivity index (χ4n) is 2.26. The zero-order chi connectivity index (χ0) is 16.9. The molecule has 0 radical (unpaired) electrons. The molecular formula is C19H24N2O2. The molecule has 2 aromatic rings. The minimum absolute atomic E-state index is 0.144. The molecule has 2 aromatic carbocycles. The van der Waals surface area contributed by atoms with Crippen LogP contribution in [0.3, 0.4) is 0 Å². The van der Waals surface area contributed by atoms with Gasteiger partial charge in [0, 0.05) is 0 Å². The van der Waals surface area contributed by atoms with E-state index in [0.717, 1.165) is 16.9 Å². The van der Waals surface area contributed by atoms with Gasteiger partial charge in [-0.1, -0.05) is 42.5 Å². The minimum atomic E-state index is -1.07. The van der Waals surface area contributed by atoms with E-state index in [-0.39, 0.29) is 11.9 Å². The van der Waals surface area contributed by atoms with Crippen LogP contribution in [0.15, 0.2) is 54.6 Å². The second kappa shape index (κ2) is 7.29. The lowest BCUT2D eigenvalue weighted by atomic mass is 9.92. The van der Waals surface area contributed by atoms with Crippen LogP contribution in [0, 0.1) is 6.92 Å². The monoisotopic (exact) mass is 312 g/mol. The van der Waals surface area contributed by atoms with Crippen molar-refractivity contribution >= 4 is 5.91 Å². The summed E-state index contributed by atoms with van der Waals surface area (Å²) in [6.07, 6.45) is 0. The third-order valence-corrected chi connectivity index (χ3v) is 3.71. The molecule has 0 spiro atoms.